The van der Waals surface area contributed by atoms with Crippen molar-refractivity contribution >= 4 is 11.6 Å². The van der Waals surface area contributed by atoms with Crippen molar-refractivity contribution in [1.82, 2.24) is 15.1 Å². The summed E-state index contributed by atoms with van der Waals surface area (Å²) in [5, 5.41) is 8.80. The second kappa shape index (κ2) is 7.59. The Bertz CT molecular complexity index is 385. The van der Waals surface area contributed by atoms with Crippen LogP contribution in [0, 0.1) is 6.92 Å². The summed E-state index contributed by atoms with van der Waals surface area (Å²) >= 11 is 6.33. The second-order valence-corrected chi connectivity index (χ2v) is 4.92. The number of aryl methyl sites for hydroxylation is 2. The molecule has 0 aliphatic heterocycles. The Hall–Kier alpha value is -0.800. The highest BCUT2D eigenvalue weighted by Gasteiger charge is 2.16. The molecule has 1 N–H and O–H groups in total. The van der Waals surface area contributed by atoms with E-state index in [0.29, 0.717) is 6.04 Å². The Kier molecular flexibility index (Phi) is 6.44. The van der Waals surface area contributed by atoms with E-state index >= 15 is 0 Å². The van der Waals surface area contributed by atoms with Gasteiger partial charge in [0.1, 0.15) is 0 Å². The fourth-order valence-electron chi connectivity index (χ4n) is 2.09. The van der Waals surface area contributed by atoms with Crippen molar-refractivity contribution in [1.29, 1.82) is 0 Å². The summed E-state index contributed by atoms with van der Waals surface area (Å²) in [6.07, 6.45) is 4.94. The van der Waals surface area contributed by atoms with Crippen LogP contribution >= 0.6 is 11.6 Å². The van der Waals surface area contributed by atoms with Gasteiger partial charge < -0.3 is 5.32 Å². The number of nitrogens with one attached hydrogen (secondary N) is 1. The van der Waals surface area contributed by atoms with Crippen LogP contribution in [0.4, 0.5) is 0 Å². The summed E-state index contributed by atoms with van der Waals surface area (Å²) in [6.45, 7) is 11.9. The maximum absolute atomic E-state index is 6.33. The first-order chi connectivity index (χ1) is 8.63. The van der Waals surface area contributed by atoms with Crippen LogP contribution in [0.1, 0.15) is 38.1 Å². The first-order valence-electron chi connectivity index (χ1n) is 6.70. The van der Waals surface area contributed by atoms with E-state index in [9.17, 15) is 0 Å². The van der Waals surface area contributed by atoms with Gasteiger partial charge in [-0.1, -0.05) is 24.6 Å². The smallest absolute Gasteiger partial charge is 0.0847 e. The number of hydrogen-bond donors (Lipinski definition) is 1. The van der Waals surface area contributed by atoms with Gasteiger partial charge in [-0.15, -0.1) is 6.58 Å². The molecule has 0 spiro atoms. The lowest BCUT2D eigenvalue weighted by Gasteiger charge is -2.17. The van der Waals surface area contributed by atoms with Gasteiger partial charge in [-0.3, -0.25) is 4.68 Å². The van der Waals surface area contributed by atoms with E-state index in [2.05, 4.69) is 30.8 Å². The molecule has 0 aliphatic rings. The minimum Gasteiger partial charge on any atom is -0.313 e. The lowest BCUT2D eigenvalue weighted by Crippen LogP contribution is -2.32. The van der Waals surface area contributed by atoms with Crippen molar-refractivity contribution in [3.63, 3.8) is 0 Å². The Morgan fingerprint density at radius 2 is 2.22 bits per heavy atom. The maximum atomic E-state index is 6.33. The zero-order valence-electron chi connectivity index (χ0n) is 11.7. The maximum Gasteiger partial charge on any atom is 0.0847 e. The molecule has 102 valence electrons. The van der Waals surface area contributed by atoms with E-state index in [4.69, 9.17) is 11.6 Å². The van der Waals surface area contributed by atoms with Crippen LogP contribution in [0.2, 0.25) is 5.02 Å². The molecular formula is C14H24ClN3. The second-order valence-electron chi connectivity index (χ2n) is 4.54. The molecule has 0 saturated carbocycles. The van der Waals surface area contributed by atoms with Gasteiger partial charge in [-0.05, 0) is 33.2 Å². The normalized spacial score (nSPS) is 12.7. The number of halogens is 1. The Balaban J connectivity index is 2.81. The molecule has 1 heterocycles. The lowest BCUT2D eigenvalue weighted by atomic mass is 10.1. The van der Waals surface area contributed by atoms with E-state index in [1.54, 1.807) is 0 Å². The highest BCUT2D eigenvalue weighted by molar-refractivity contribution is 6.31. The summed E-state index contributed by atoms with van der Waals surface area (Å²) in [4.78, 5) is 0. The molecule has 0 bridgehead atoms. The fraction of sp³-hybridized carbons (Fsp3) is 0.643. The highest BCUT2D eigenvalue weighted by Crippen LogP contribution is 2.22. The van der Waals surface area contributed by atoms with Crippen LogP contribution in [0.5, 0.6) is 0 Å². The van der Waals surface area contributed by atoms with E-state index < -0.39 is 0 Å². The minimum atomic E-state index is 0.390. The third-order valence-electron chi connectivity index (χ3n) is 3.03. The highest BCUT2D eigenvalue weighted by atomic mass is 35.5. The van der Waals surface area contributed by atoms with Crippen molar-refractivity contribution in [3.8, 4) is 0 Å². The van der Waals surface area contributed by atoms with Crippen molar-refractivity contribution in [2.45, 2.75) is 52.6 Å². The first kappa shape index (κ1) is 15.3. The molecule has 0 aliphatic carbocycles. The molecule has 1 atom stereocenters. The zero-order valence-corrected chi connectivity index (χ0v) is 12.4. The molecule has 1 aromatic heterocycles. The van der Waals surface area contributed by atoms with Gasteiger partial charge in [0.05, 0.1) is 16.4 Å². The summed E-state index contributed by atoms with van der Waals surface area (Å²) in [5.41, 5.74) is 2.05. The van der Waals surface area contributed by atoms with Crippen LogP contribution in [0.15, 0.2) is 12.7 Å². The molecule has 0 radical (unpaired) electrons. The van der Waals surface area contributed by atoms with E-state index in [0.717, 1.165) is 48.8 Å². The quantitative estimate of drug-likeness (QED) is 0.734. The van der Waals surface area contributed by atoms with E-state index in [-0.39, 0.29) is 0 Å². The average molecular weight is 270 g/mol. The van der Waals surface area contributed by atoms with Crippen LogP contribution in [-0.2, 0) is 13.0 Å². The molecule has 0 fully saturated rings. The molecule has 3 nitrogen and oxygen atoms in total. The van der Waals surface area contributed by atoms with Gasteiger partial charge in [-0.25, -0.2) is 0 Å². The molecule has 0 amide bonds. The summed E-state index contributed by atoms with van der Waals surface area (Å²) < 4.78 is 2.00. The molecular weight excluding hydrogens is 246 g/mol. The van der Waals surface area contributed by atoms with Crippen molar-refractivity contribution in [3.05, 3.63) is 29.1 Å². The molecule has 0 saturated heterocycles. The molecule has 4 heteroatoms. The molecule has 1 unspecified atom stereocenters. The summed E-state index contributed by atoms with van der Waals surface area (Å²) in [6, 6.07) is 0.390. The van der Waals surface area contributed by atoms with Crippen LogP contribution < -0.4 is 5.32 Å². The number of nitrogens with zero attached hydrogens (tertiary/aromatic N) is 2. The van der Waals surface area contributed by atoms with Gasteiger partial charge in [-0.2, -0.15) is 5.10 Å². The molecule has 1 aromatic rings. The molecule has 18 heavy (non-hydrogen) atoms. The van der Waals surface area contributed by atoms with Crippen LogP contribution in [-0.4, -0.2) is 22.4 Å². The third-order valence-corrected chi connectivity index (χ3v) is 3.52. The summed E-state index contributed by atoms with van der Waals surface area (Å²) in [5.74, 6) is 0. The zero-order chi connectivity index (χ0) is 13.5. The Labute approximate surface area is 115 Å². The number of aromatic nitrogens is 2. The predicted octanol–water partition coefficient (Wildman–Crippen LogP) is 3.35. The van der Waals surface area contributed by atoms with Crippen molar-refractivity contribution in [2.75, 3.05) is 6.54 Å². The molecule has 1 rings (SSSR count). The Morgan fingerprint density at radius 1 is 1.50 bits per heavy atom. The number of rotatable bonds is 8. The SMILES string of the molecule is C=CCC(Cc1c(Cl)c(C)nn1CC)NCCC. The van der Waals surface area contributed by atoms with E-state index in [1.807, 2.05) is 17.7 Å². The van der Waals surface area contributed by atoms with E-state index in [1.165, 1.54) is 0 Å². The van der Waals surface area contributed by atoms with Gasteiger partial charge in [0.15, 0.2) is 0 Å². The predicted molar refractivity (Wildman–Crippen MR) is 78.2 cm³/mol. The van der Waals surface area contributed by atoms with Crippen molar-refractivity contribution < 1.29 is 0 Å². The third kappa shape index (κ3) is 3.85. The first-order valence-corrected chi connectivity index (χ1v) is 7.07. The topological polar surface area (TPSA) is 29.9 Å². The monoisotopic (exact) mass is 269 g/mol. The number of hydrogen-bond acceptors (Lipinski definition) is 2. The fourth-order valence-corrected chi connectivity index (χ4v) is 2.30. The lowest BCUT2D eigenvalue weighted by molar-refractivity contribution is 0.489. The summed E-state index contributed by atoms with van der Waals surface area (Å²) in [7, 11) is 0. The van der Waals surface area contributed by atoms with Gasteiger partial charge in [0.2, 0.25) is 0 Å². The standard InChI is InChI=1S/C14H24ClN3/c1-5-8-12(16-9-6-2)10-13-14(15)11(4)17-18(13)7-3/h5,12,16H,1,6-10H2,2-4H3. The molecule has 0 aromatic carbocycles. The van der Waals surface area contributed by atoms with Gasteiger partial charge in [0, 0.05) is 19.0 Å². The van der Waals surface area contributed by atoms with Gasteiger partial charge >= 0.3 is 0 Å². The van der Waals surface area contributed by atoms with Gasteiger partial charge in [0.25, 0.3) is 0 Å². The van der Waals surface area contributed by atoms with Crippen molar-refractivity contribution in [2.24, 2.45) is 0 Å². The largest absolute Gasteiger partial charge is 0.313 e. The minimum absolute atomic E-state index is 0.390. The van der Waals surface area contributed by atoms with Crippen LogP contribution in [0.3, 0.4) is 0 Å². The Morgan fingerprint density at radius 3 is 2.78 bits per heavy atom. The van der Waals surface area contributed by atoms with Crippen LogP contribution in [0.25, 0.3) is 0 Å². The average Bonchev–Trinajstić information content (AvgIpc) is 2.63.